The lowest BCUT2D eigenvalue weighted by Crippen LogP contribution is -3.11. The summed E-state index contributed by atoms with van der Waals surface area (Å²) in [5.41, 5.74) is 1.11. The molecule has 0 spiro atoms. The first-order valence-electron chi connectivity index (χ1n) is 6.84. The molecular formula is C15H22NO3+. The molecule has 104 valence electrons. The summed E-state index contributed by atoms with van der Waals surface area (Å²) in [6.07, 6.45) is 2.12. The van der Waals surface area contributed by atoms with E-state index in [4.69, 9.17) is 9.47 Å². The topological polar surface area (TPSA) is 40.0 Å². The van der Waals surface area contributed by atoms with Crippen molar-refractivity contribution in [1.82, 2.24) is 0 Å². The summed E-state index contributed by atoms with van der Waals surface area (Å²) >= 11 is 0. The number of carbonyl (C=O) groups is 1. The normalized spacial score (nSPS) is 22.8. The van der Waals surface area contributed by atoms with Gasteiger partial charge >= 0.3 is 5.97 Å². The summed E-state index contributed by atoms with van der Waals surface area (Å²) in [7, 11) is 2.13. The zero-order valence-electron chi connectivity index (χ0n) is 11.6. The molecule has 1 fully saturated rings. The Balaban J connectivity index is 1.75. The number of rotatable bonds is 4. The smallest absolute Gasteiger partial charge is 0.344 e. The van der Waals surface area contributed by atoms with Gasteiger partial charge in [-0.1, -0.05) is 12.1 Å². The van der Waals surface area contributed by atoms with Gasteiger partial charge in [0, 0.05) is 6.42 Å². The highest BCUT2D eigenvalue weighted by molar-refractivity contribution is 5.71. The molecule has 4 nitrogen and oxygen atoms in total. The highest BCUT2D eigenvalue weighted by Gasteiger charge is 2.23. The van der Waals surface area contributed by atoms with Gasteiger partial charge in [0.25, 0.3) is 0 Å². The van der Waals surface area contributed by atoms with Crippen molar-refractivity contribution < 1.29 is 19.2 Å². The second-order valence-corrected chi connectivity index (χ2v) is 5.27. The van der Waals surface area contributed by atoms with Gasteiger partial charge in [-0.3, -0.25) is 0 Å². The van der Waals surface area contributed by atoms with Gasteiger partial charge in [0.15, 0.2) is 12.7 Å². The van der Waals surface area contributed by atoms with Crippen LogP contribution >= 0.6 is 0 Å². The van der Waals surface area contributed by atoms with Gasteiger partial charge in [0.05, 0.1) is 13.6 Å². The highest BCUT2D eigenvalue weighted by atomic mass is 16.6. The van der Waals surface area contributed by atoms with Crippen LogP contribution in [0, 0.1) is 6.92 Å². The summed E-state index contributed by atoms with van der Waals surface area (Å²) < 4.78 is 10.9. The molecule has 1 aromatic rings. The van der Waals surface area contributed by atoms with Crippen molar-refractivity contribution in [3.8, 4) is 5.75 Å². The van der Waals surface area contributed by atoms with Gasteiger partial charge in [0.2, 0.25) is 0 Å². The monoisotopic (exact) mass is 264 g/mol. The molecule has 1 N–H and O–H groups in total. The van der Waals surface area contributed by atoms with E-state index < -0.39 is 0 Å². The maximum Gasteiger partial charge on any atom is 0.344 e. The summed E-state index contributed by atoms with van der Waals surface area (Å²) in [6.45, 7) is 4.04. The highest BCUT2D eigenvalue weighted by Crippen LogP contribution is 2.12. The predicted molar refractivity (Wildman–Crippen MR) is 72.4 cm³/mol. The van der Waals surface area contributed by atoms with Crippen molar-refractivity contribution in [3.63, 3.8) is 0 Å². The number of benzene rings is 1. The largest absolute Gasteiger partial charge is 0.482 e. The third-order valence-electron chi connectivity index (χ3n) is 3.35. The average Bonchev–Trinajstić information content (AvgIpc) is 2.36. The molecule has 1 heterocycles. The van der Waals surface area contributed by atoms with Crippen LogP contribution in [0.3, 0.4) is 0 Å². The van der Waals surface area contributed by atoms with Gasteiger partial charge in [0.1, 0.15) is 12.3 Å². The SMILES string of the molecule is Cc1cccc(OCC(=O)O[C@H]2CCC[NH+](C)C2)c1. The van der Waals surface area contributed by atoms with Crippen LogP contribution in [0.15, 0.2) is 24.3 Å². The van der Waals surface area contributed by atoms with Crippen molar-refractivity contribution in [3.05, 3.63) is 29.8 Å². The molecule has 1 aliphatic rings. The van der Waals surface area contributed by atoms with Crippen LogP contribution in [0.4, 0.5) is 0 Å². The van der Waals surface area contributed by atoms with Crippen LogP contribution in [-0.2, 0) is 9.53 Å². The van der Waals surface area contributed by atoms with E-state index >= 15 is 0 Å². The molecule has 4 heteroatoms. The van der Waals surface area contributed by atoms with Gasteiger partial charge < -0.3 is 14.4 Å². The van der Waals surface area contributed by atoms with E-state index in [9.17, 15) is 4.79 Å². The summed E-state index contributed by atoms with van der Waals surface area (Å²) in [4.78, 5) is 13.1. The Bertz CT molecular complexity index is 433. The molecule has 1 saturated heterocycles. The van der Waals surface area contributed by atoms with E-state index in [2.05, 4.69) is 7.05 Å². The molecule has 0 radical (unpaired) electrons. The van der Waals surface area contributed by atoms with E-state index in [1.807, 2.05) is 31.2 Å². The minimum absolute atomic E-state index is 0.0149. The number of esters is 1. The standard InChI is InChI=1S/C15H21NO3/c1-12-5-3-6-13(9-12)18-11-15(17)19-14-7-4-8-16(2)10-14/h3,5-6,9,14H,4,7-8,10-11H2,1-2H3/p+1/t14-/m0/s1. The number of likely N-dealkylation sites (N-methyl/N-ethyl adjacent to an activating group) is 1. The quantitative estimate of drug-likeness (QED) is 0.809. The zero-order chi connectivity index (χ0) is 13.7. The predicted octanol–water partition coefficient (Wildman–Crippen LogP) is 0.594. The van der Waals surface area contributed by atoms with Crippen molar-refractivity contribution >= 4 is 5.97 Å². The number of ether oxygens (including phenoxy) is 2. The first-order valence-corrected chi connectivity index (χ1v) is 6.84. The van der Waals surface area contributed by atoms with E-state index in [0.717, 1.165) is 31.5 Å². The maximum atomic E-state index is 11.7. The average molecular weight is 264 g/mol. The van der Waals surface area contributed by atoms with Crippen LogP contribution < -0.4 is 9.64 Å². The Morgan fingerprint density at radius 2 is 2.32 bits per heavy atom. The number of nitrogens with one attached hydrogen (secondary N) is 1. The van der Waals surface area contributed by atoms with Crippen molar-refractivity contribution in [2.75, 3.05) is 26.7 Å². The Labute approximate surface area is 114 Å². The Kier molecular flexibility index (Phi) is 4.80. The van der Waals surface area contributed by atoms with Crippen molar-refractivity contribution in [2.45, 2.75) is 25.9 Å². The summed E-state index contributed by atoms with van der Waals surface area (Å²) in [5.74, 6) is 0.435. The van der Waals surface area contributed by atoms with Gasteiger partial charge in [-0.2, -0.15) is 0 Å². The number of aryl methyl sites for hydroxylation is 1. The number of likely N-dealkylation sites (tertiary alicyclic amines) is 1. The van der Waals surface area contributed by atoms with Gasteiger partial charge in [-0.15, -0.1) is 0 Å². The molecule has 0 amide bonds. The lowest BCUT2D eigenvalue weighted by molar-refractivity contribution is -0.888. The number of quaternary nitrogens is 1. The summed E-state index contributed by atoms with van der Waals surface area (Å²) in [6, 6.07) is 7.66. The fourth-order valence-corrected chi connectivity index (χ4v) is 2.39. The molecule has 1 aromatic carbocycles. The lowest BCUT2D eigenvalue weighted by atomic mass is 10.1. The molecule has 0 bridgehead atoms. The first kappa shape index (κ1) is 13.9. The Hall–Kier alpha value is -1.55. The fourth-order valence-electron chi connectivity index (χ4n) is 2.39. The maximum absolute atomic E-state index is 11.7. The van der Waals surface area contributed by atoms with Crippen LogP contribution in [0.5, 0.6) is 5.75 Å². The lowest BCUT2D eigenvalue weighted by Gasteiger charge is -2.26. The number of carbonyl (C=O) groups excluding carboxylic acids is 1. The van der Waals surface area contributed by atoms with Gasteiger partial charge in [-0.05, 0) is 31.0 Å². The van der Waals surface area contributed by atoms with Crippen molar-refractivity contribution in [1.29, 1.82) is 0 Å². The second kappa shape index (κ2) is 6.57. The van der Waals surface area contributed by atoms with Gasteiger partial charge in [-0.25, -0.2) is 4.79 Å². The van der Waals surface area contributed by atoms with Crippen LogP contribution in [0.25, 0.3) is 0 Å². The molecular weight excluding hydrogens is 242 g/mol. The first-order chi connectivity index (χ1) is 9.13. The summed E-state index contributed by atoms with van der Waals surface area (Å²) in [5, 5.41) is 0. The fraction of sp³-hybridized carbons (Fsp3) is 0.533. The van der Waals surface area contributed by atoms with Crippen molar-refractivity contribution in [2.24, 2.45) is 0 Å². The molecule has 2 atom stereocenters. The molecule has 2 rings (SSSR count). The van der Waals surface area contributed by atoms with E-state index in [1.165, 1.54) is 4.90 Å². The van der Waals surface area contributed by atoms with Crippen LogP contribution in [0.1, 0.15) is 18.4 Å². The Morgan fingerprint density at radius 3 is 3.05 bits per heavy atom. The molecule has 0 aromatic heterocycles. The number of hydrogen-bond acceptors (Lipinski definition) is 3. The molecule has 1 unspecified atom stereocenters. The van der Waals surface area contributed by atoms with E-state index in [1.54, 1.807) is 0 Å². The Morgan fingerprint density at radius 1 is 1.47 bits per heavy atom. The third-order valence-corrected chi connectivity index (χ3v) is 3.35. The number of piperidine rings is 1. The van der Waals surface area contributed by atoms with E-state index in [0.29, 0.717) is 5.75 Å². The van der Waals surface area contributed by atoms with E-state index in [-0.39, 0.29) is 18.7 Å². The minimum atomic E-state index is -0.277. The van der Waals surface area contributed by atoms with Crippen LogP contribution in [0.2, 0.25) is 0 Å². The number of hydrogen-bond donors (Lipinski definition) is 1. The minimum Gasteiger partial charge on any atom is -0.482 e. The molecule has 0 aliphatic carbocycles. The third kappa shape index (κ3) is 4.56. The second-order valence-electron chi connectivity index (χ2n) is 5.27. The zero-order valence-corrected chi connectivity index (χ0v) is 11.6. The molecule has 0 saturated carbocycles. The molecule has 19 heavy (non-hydrogen) atoms. The van der Waals surface area contributed by atoms with Crippen LogP contribution in [-0.4, -0.2) is 38.8 Å². The molecule has 1 aliphatic heterocycles.